The van der Waals surface area contributed by atoms with Gasteiger partial charge in [0.15, 0.2) is 5.69 Å². The van der Waals surface area contributed by atoms with E-state index in [0.717, 1.165) is 22.3 Å². The molecule has 0 saturated carbocycles. The van der Waals surface area contributed by atoms with Crippen molar-refractivity contribution in [3.05, 3.63) is 59.8 Å². The van der Waals surface area contributed by atoms with Crippen LogP contribution in [0.2, 0.25) is 0 Å². The molecule has 5 nitrogen and oxygen atoms in total. The van der Waals surface area contributed by atoms with Crippen molar-refractivity contribution in [1.82, 2.24) is 15.4 Å². The van der Waals surface area contributed by atoms with Gasteiger partial charge in [0, 0.05) is 5.56 Å². The molecule has 3 rings (SSSR count). The number of nitriles is 1. The molecule has 3 aromatic rings. The summed E-state index contributed by atoms with van der Waals surface area (Å²) in [5.74, 6) is 0. The Morgan fingerprint density at radius 3 is 2.10 bits per heavy atom. The zero-order chi connectivity index (χ0) is 14.7. The predicted molar refractivity (Wildman–Crippen MR) is 77.9 cm³/mol. The van der Waals surface area contributed by atoms with Crippen LogP contribution < -0.4 is 0 Å². The molecule has 0 bridgehead atoms. The van der Waals surface area contributed by atoms with Crippen LogP contribution in [0.25, 0.3) is 22.4 Å². The second-order valence-electron chi connectivity index (χ2n) is 4.58. The maximum absolute atomic E-state index is 9.05. The van der Waals surface area contributed by atoms with Crippen molar-refractivity contribution in [3.63, 3.8) is 0 Å². The van der Waals surface area contributed by atoms with Crippen molar-refractivity contribution in [2.75, 3.05) is 0 Å². The number of hydrogen-bond acceptors (Lipinski definition) is 4. The van der Waals surface area contributed by atoms with Crippen molar-refractivity contribution in [1.29, 1.82) is 5.26 Å². The van der Waals surface area contributed by atoms with Crippen molar-refractivity contribution < 1.29 is 5.11 Å². The molecule has 0 saturated heterocycles. The molecule has 1 aromatic heterocycles. The van der Waals surface area contributed by atoms with E-state index in [-0.39, 0.29) is 6.61 Å². The summed E-state index contributed by atoms with van der Waals surface area (Å²) in [4.78, 5) is 0. The number of nitrogens with zero attached hydrogens (tertiary/aromatic N) is 3. The molecule has 0 unspecified atom stereocenters. The number of hydrogen-bond donors (Lipinski definition) is 2. The SMILES string of the molecule is N#Cc1[nH]nnc1-c1ccc(-c2ccc(CO)cc2)cc1. The minimum atomic E-state index is 0.0440. The third kappa shape index (κ3) is 2.53. The number of benzene rings is 2. The van der Waals surface area contributed by atoms with Crippen LogP contribution in [0.5, 0.6) is 0 Å². The molecule has 0 aliphatic heterocycles. The molecule has 0 atom stereocenters. The second-order valence-corrected chi connectivity index (χ2v) is 4.58. The number of aliphatic hydroxyl groups excluding tert-OH is 1. The van der Waals surface area contributed by atoms with Gasteiger partial charge in [0.1, 0.15) is 11.8 Å². The van der Waals surface area contributed by atoms with Crippen LogP contribution in [0.4, 0.5) is 0 Å². The van der Waals surface area contributed by atoms with Gasteiger partial charge in [-0.2, -0.15) is 5.26 Å². The van der Waals surface area contributed by atoms with Gasteiger partial charge in [-0.25, -0.2) is 5.10 Å². The highest BCUT2D eigenvalue weighted by atomic mass is 16.3. The normalized spacial score (nSPS) is 10.3. The number of aromatic nitrogens is 3. The molecule has 1 heterocycles. The summed E-state index contributed by atoms with van der Waals surface area (Å²) in [5.41, 5.74) is 4.77. The molecule has 0 radical (unpaired) electrons. The van der Waals surface area contributed by atoms with Crippen LogP contribution in [0.3, 0.4) is 0 Å². The van der Waals surface area contributed by atoms with Crippen molar-refractivity contribution in [3.8, 4) is 28.5 Å². The number of H-pyrrole nitrogens is 1. The molecule has 0 spiro atoms. The van der Waals surface area contributed by atoms with E-state index in [0.29, 0.717) is 11.4 Å². The summed E-state index contributed by atoms with van der Waals surface area (Å²) in [7, 11) is 0. The molecule has 21 heavy (non-hydrogen) atoms. The Hall–Kier alpha value is -2.97. The molecule has 2 N–H and O–H groups in total. The Bertz CT molecular complexity index is 782. The summed E-state index contributed by atoms with van der Waals surface area (Å²) < 4.78 is 0. The number of aromatic amines is 1. The minimum Gasteiger partial charge on any atom is -0.392 e. The lowest BCUT2D eigenvalue weighted by Gasteiger charge is -2.04. The first kappa shape index (κ1) is 13.0. The lowest BCUT2D eigenvalue weighted by Crippen LogP contribution is -1.85. The zero-order valence-corrected chi connectivity index (χ0v) is 11.1. The third-order valence-corrected chi connectivity index (χ3v) is 3.29. The molecule has 2 aromatic carbocycles. The fourth-order valence-electron chi connectivity index (χ4n) is 2.13. The highest BCUT2D eigenvalue weighted by molar-refractivity contribution is 5.70. The van der Waals surface area contributed by atoms with E-state index in [2.05, 4.69) is 15.4 Å². The molecule has 5 heteroatoms. The minimum absolute atomic E-state index is 0.0440. The molecular weight excluding hydrogens is 264 g/mol. The fourth-order valence-corrected chi connectivity index (χ4v) is 2.13. The Balaban J connectivity index is 1.92. The van der Waals surface area contributed by atoms with E-state index >= 15 is 0 Å². The van der Waals surface area contributed by atoms with E-state index in [4.69, 9.17) is 10.4 Å². The van der Waals surface area contributed by atoms with Gasteiger partial charge in [-0.1, -0.05) is 53.7 Å². The van der Waals surface area contributed by atoms with Crippen LogP contribution in [0.15, 0.2) is 48.5 Å². The van der Waals surface area contributed by atoms with Gasteiger partial charge >= 0.3 is 0 Å². The molecular formula is C16H12N4O. The van der Waals surface area contributed by atoms with E-state index in [1.54, 1.807) is 0 Å². The van der Waals surface area contributed by atoms with Crippen molar-refractivity contribution in [2.24, 2.45) is 0 Å². The number of nitrogens with one attached hydrogen (secondary N) is 1. The maximum atomic E-state index is 9.05. The lowest BCUT2D eigenvalue weighted by atomic mass is 10.0. The number of aliphatic hydroxyl groups is 1. The molecule has 0 fully saturated rings. The third-order valence-electron chi connectivity index (χ3n) is 3.29. The molecule has 0 aliphatic rings. The van der Waals surface area contributed by atoms with Gasteiger partial charge in [0.25, 0.3) is 0 Å². The van der Waals surface area contributed by atoms with Gasteiger partial charge < -0.3 is 5.11 Å². The molecule has 102 valence electrons. The summed E-state index contributed by atoms with van der Waals surface area (Å²) in [6.45, 7) is 0.0440. The fraction of sp³-hybridized carbons (Fsp3) is 0.0625. The topological polar surface area (TPSA) is 85.6 Å². The Kier molecular flexibility index (Phi) is 3.46. The van der Waals surface area contributed by atoms with Gasteiger partial charge in [0.2, 0.25) is 0 Å². The molecule has 0 aliphatic carbocycles. The van der Waals surface area contributed by atoms with Gasteiger partial charge in [-0.15, -0.1) is 5.10 Å². The average Bonchev–Trinajstić information content (AvgIpc) is 3.04. The predicted octanol–water partition coefficient (Wildman–Crippen LogP) is 2.50. The van der Waals surface area contributed by atoms with Crippen LogP contribution in [-0.2, 0) is 6.61 Å². The lowest BCUT2D eigenvalue weighted by molar-refractivity contribution is 0.282. The largest absolute Gasteiger partial charge is 0.392 e. The average molecular weight is 276 g/mol. The van der Waals surface area contributed by atoms with Crippen LogP contribution in [-0.4, -0.2) is 20.5 Å². The summed E-state index contributed by atoms with van der Waals surface area (Å²) in [6, 6.07) is 17.5. The smallest absolute Gasteiger partial charge is 0.163 e. The zero-order valence-electron chi connectivity index (χ0n) is 11.1. The highest BCUT2D eigenvalue weighted by Crippen LogP contribution is 2.25. The van der Waals surface area contributed by atoms with Crippen LogP contribution in [0.1, 0.15) is 11.3 Å². The second kappa shape index (κ2) is 5.57. The summed E-state index contributed by atoms with van der Waals surface area (Å²) >= 11 is 0. The van der Waals surface area contributed by atoms with Gasteiger partial charge in [-0.3, -0.25) is 0 Å². The van der Waals surface area contributed by atoms with Gasteiger partial charge in [-0.05, 0) is 16.7 Å². The van der Waals surface area contributed by atoms with Crippen LogP contribution >= 0.6 is 0 Å². The monoisotopic (exact) mass is 276 g/mol. The van der Waals surface area contributed by atoms with E-state index in [1.165, 1.54) is 0 Å². The van der Waals surface area contributed by atoms with Crippen molar-refractivity contribution in [2.45, 2.75) is 6.61 Å². The maximum Gasteiger partial charge on any atom is 0.163 e. The first-order chi connectivity index (χ1) is 10.3. The summed E-state index contributed by atoms with van der Waals surface area (Å²) in [5, 5.41) is 28.2. The Morgan fingerprint density at radius 2 is 1.52 bits per heavy atom. The first-order valence-corrected chi connectivity index (χ1v) is 6.43. The number of rotatable bonds is 3. The van der Waals surface area contributed by atoms with E-state index in [9.17, 15) is 0 Å². The van der Waals surface area contributed by atoms with Crippen LogP contribution in [0, 0.1) is 11.3 Å². The van der Waals surface area contributed by atoms with E-state index < -0.39 is 0 Å². The Morgan fingerprint density at radius 1 is 0.952 bits per heavy atom. The molecule has 0 amide bonds. The standard InChI is InChI=1S/C16H12N4O/c17-9-15-16(19-20-18-15)14-7-5-13(6-8-14)12-3-1-11(10-21)2-4-12/h1-8,21H,10H2,(H,18,19,20). The quantitative estimate of drug-likeness (QED) is 0.769. The summed E-state index contributed by atoms with van der Waals surface area (Å²) in [6.07, 6.45) is 0. The highest BCUT2D eigenvalue weighted by Gasteiger charge is 2.09. The van der Waals surface area contributed by atoms with Crippen molar-refractivity contribution >= 4 is 0 Å². The Labute approximate surface area is 121 Å². The first-order valence-electron chi connectivity index (χ1n) is 6.43. The van der Waals surface area contributed by atoms with E-state index in [1.807, 2.05) is 54.6 Å². The van der Waals surface area contributed by atoms with Gasteiger partial charge in [0.05, 0.1) is 6.61 Å².